The predicted octanol–water partition coefficient (Wildman–Crippen LogP) is 4.44. The number of allylic oxidation sites excluding steroid dienone is 11. The third-order valence-electron chi connectivity index (χ3n) is 4.36. The lowest BCUT2D eigenvalue weighted by atomic mass is 9.86. The maximum absolute atomic E-state index is 12.0. The van der Waals surface area contributed by atoms with Crippen molar-refractivity contribution in [2.24, 2.45) is 5.41 Å². The number of hydrogen-bond donors (Lipinski definition) is 2. The molecule has 2 atom stereocenters. The van der Waals surface area contributed by atoms with Crippen molar-refractivity contribution < 1.29 is 14.7 Å². The van der Waals surface area contributed by atoms with E-state index in [9.17, 15) is 14.7 Å². The Balaban J connectivity index is 2.92. The van der Waals surface area contributed by atoms with Gasteiger partial charge in [-0.3, -0.25) is 9.59 Å². The molecule has 1 heterocycles. The van der Waals surface area contributed by atoms with Gasteiger partial charge >= 0.3 is 5.97 Å². The van der Waals surface area contributed by atoms with E-state index in [4.69, 9.17) is 0 Å². The summed E-state index contributed by atoms with van der Waals surface area (Å²) in [4.78, 5) is 23.4. The summed E-state index contributed by atoms with van der Waals surface area (Å²) in [6.45, 7) is 16.6. The van der Waals surface area contributed by atoms with Crippen molar-refractivity contribution >= 4 is 11.9 Å². The van der Waals surface area contributed by atoms with Crippen LogP contribution in [0.1, 0.15) is 19.8 Å². The molecule has 1 aliphatic heterocycles. The summed E-state index contributed by atoms with van der Waals surface area (Å²) >= 11 is 0. The highest BCUT2D eigenvalue weighted by atomic mass is 16.4. The minimum absolute atomic E-state index is 0.244. The van der Waals surface area contributed by atoms with Crippen LogP contribution in [-0.2, 0) is 9.59 Å². The Kier molecular flexibility index (Phi) is 8.21. The molecule has 0 spiro atoms. The van der Waals surface area contributed by atoms with Crippen molar-refractivity contribution in [3.63, 3.8) is 0 Å². The molecule has 1 saturated heterocycles. The molecule has 0 bridgehead atoms. The van der Waals surface area contributed by atoms with Crippen LogP contribution >= 0.6 is 0 Å². The molecule has 4 heteroatoms. The van der Waals surface area contributed by atoms with E-state index >= 15 is 0 Å². The predicted molar refractivity (Wildman–Crippen MR) is 111 cm³/mol. The smallest absolute Gasteiger partial charge is 0.318 e. The molecule has 2 N–H and O–H groups in total. The van der Waals surface area contributed by atoms with Gasteiger partial charge < -0.3 is 10.4 Å². The van der Waals surface area contributed by atoms with Crippen LogP contribution in [0.15, 0.2) is 97.7 Å². The van der Waals surface area contributed by atoms with E-state index in [1.54, 1.807) is 18.2 Å². The molecule has 1 rings (SSSR count). The van der Waals surface area contributed by atoms with E-state index in [-0.39, 0.29) is 12.5 Å². The van der Waals surface area contributed by atoms with Gasteiger partial charge in [-0.05, 0) is 36.5 Å². The molecule has 0 aromatic rings. The Hall–Kier alpha value is -3.14. The highest BCUT2D eigenvalue weighted by Gasteiger charge is 2.48. The Bertz CT molecular complexity index is 764. The van der Waals surface area contributed by atoms with Gasteiger partial charge in [0.05, 0.1) is 0 Å². The number of hydrogen-bond acceptors (Lipinski definition) is 2. The Labute approximate surface area is 161 Å². The molecule has 27 heavy (non-hydrogen) atoms. The lowest BCUT2D eigenvalue weighted by Gasteiger charge is -2.14. The molecule has 0 aromatic heterocycles. The van der Waals surface area contributed by atoms with Crippen molar-refractivity contribution in [1.29, 1.82) is 0 Å². The zero-order valence-corrected chi connectivity index (χ0v) is 15.8. The van der Waals surface area contributed by atoms with Crippen LogP contribution in [0.3, 0.4) is 0 Å². The fourth-order valence-corrected chi connectivity index (χ4v) is 2.79. The first-order valence-electron chi connectivity index (χ1n) is 8.63. The van der Waals surface area contributed by atoms with Crippen molar-refractivity contribution in [2.75, 3.05) is 0 Å². The zero-order valence-electron chi connectivity index (χ0n) is 15.8. The normalized spacial score (nSPS) is 23.4. The quantitative estimate of drug-likeness (QED) is 0.444. The van der Waals surface area contributed by atoms with Gasteiger partial charge in [-0.15, -0.1) is 0 Å². The number of carbonyl (C=O) groups excluding carboxylic acids is 1. The molecule has 1 amide bonds. The van der Waals surface area contributed by atoms with Crippen LogP contribution in [0.25, 0.3) is 0 Å². The van der Waals surface area contributed by atoms with Gasteiger partial charge in [0.1, 0.15) is 5.41 Å². The summed E-state index contributed by atoms with van der Waals surface area (Å²) < 4.78 is 0. The van der Waals surface area contributed by atoms with E-state index in [0.29, 0.717) is 6.42 Å². The van der Waals surface area contributed by atoms with Gasteiger partial charge in [-0.1, -0.05) is 81.0 Å². The van der Waals surface area contributed by atoms with Gasteiger partial charge in [0.2, 0.25) is 5.91 Å². The molecule has 1 unspecified atom stereocenters. The van der Waals surface area contributed by atoms with E-state index in [1.165, 1.54) is 6.92 Å². The van der Waals surface area contributed by atoms with Crippen LogP contribution in [0.4, 0.5) is 0 Å². The van der Waals surface area contributed by atoms with Crippen molar-refractivity contribution in [2.45, 2.75) is 25.8 Å². The first-order valence-corrected chi connectivity index (χ1v) is 8.63. The van der Waals surface area contributed by atoms with Gasteiger partial charge in [0, 0.05) is 6.04 Å². The molecule has 1 fully saturated rings. The number of carboxylic acids is 1. The summed E-state index contributed by atoms with van der Waals surface area (Å²) in [5, 5.41) is 12.1. The zero-order chi connectivity index (χ0) is 20.4. The molecule has 0 aliphatic carbocycles. The number of aliphatic carboxylic acids is 1. The summed E-state index contributed by atoms with van der Waals surface area (Å²) in [7, 11) is 0. The van der Waals surface area contributed by atoms with E-state index < -0.39 is 17.3 Å². The number of nitrogens with one attached hydrogen (secondary N) is 1. The largest absolute Gasteiger partial charge is 0.480 e. The van der Waals surface area contributed by atoms with Gasteiger partial charge in [-0.2, -0.15) is 0 Å². The van der Waals surface area contributed by atoms with Crippen LogP contribution in [-0.4, -0.2) is 23.0 Å². The minimum Gasteiger partial charge on any atom is -0.480 e. The molecule has 0 saturated carbocycles. The number of carbonyl (C=O) groups is 2. The third kappa shape index (κ3) is 5.96. The van der Waals surface area contributed by atoms with Crippen LogP contribution in [0.5, 0.6) is 0 Å². The maximum atomic E-state index is 12.0. The fourth-order valence-electron chi connectivity index (χ4n) is 2.79. The van der Waals surface area contributed by atoms with Gasteiger partial charge in [0.15, 0.2) is 0 Å². The fraction of sp³-hybridized carbons (Fsp3) is 0.217. The highest BCUT2D eigenvalue weighted by Crippen LogP contribution is 2.32. The number of amides is 1. The second-order valence-electron chi connectivity index (χ2n) is 6.50. The van der Waals surface area contributed by atoms with E-state index in [2.05, 4.69) is 31.6 Å². The molecule has 4 nitrogen and oxygen atoms in total. The lowest BCUT2D eigenvalue weighted by molar-refractivity contribution is -0.152. The highest BCUT2D eigenvalue weighted by molar-refractivity contribution is 6.03. The summed E-state index contributed by atoms with van der Waals surface area (Å²) in [5.74, 6) is -1.55. The molecular weight excluding hydrogens is 338 g/mol. The average molecular weight is 365 g/mol. The third-order valence-corrected chi connectivity index (χ3v) is 4.36. The molecule has 142 valence electrons. The van der Waals surface area contributed by atoms with Gasteiger partial charge in [-0.25, -0.2) is 0 Å². The maximum Gasteiger partial charge on any atom is 0.318 e. The first-order chi connectivity index (χ1) is 12.8. The Morgan fingerprint density at radius 1 is 1.19 bits per heavy atom. The molecule has 1 aliphatic rings. The molecule has 0 aromatic carbocycles. The van der Waals surface area contributed by atoms with E-state index in [0.717, 1.165) is 16.7 Å². The molecular formula is C23H27NO3. The number of carboxylic acid groups (broad SMARTS) is 1. The summed E-state index contributed by atoms with van der Waals surface area (Å²) in [5.41, 5.74) is 1.21. The lowest BCUT2D eigenvalue weighted by Crippen LogP contribution is -2.36. The topological polar surface area (TPSA) is 66.4 Å². The van der Waals surface area contributed by atoms with Crippen LogP contribution in [0, 0.1) is 5.41 Å². The summed E-state index contributed by atoms with van der Waals surface area (Å²) in [6, 6.07) is -0.244. The average Bonchev–Trinajstić information content (AvgIpc) is 2.91. The Morgan fingerprint density at radius 2 is 1.85 bits per heavy atom. The SMILES string of the molecule is C=C/C=C\C(=C/C=C)C(=C)/C=C\C(=C/C=C)C[C@@H]1CC(C)(C(=O)O)C(=O)N1. The second kappa shape index (κ2) is 10.1. The monoisotopic (exact) mass is 365 g/mol. The van der Waals surface area contributed by atoms with Gasteiger partial charge in [0.25, 0.3) is 0 Å². The van der Waals surface area contributed by atoms with Crippen molar-refractivity contribution in [1.82, 2.24) is 5.32 Å². The van der Waals surface area contributed by atoms with Crippen molar-refractivity contribution in [3.8, 4) is 0 Å². The molecule has 0 radical (unpaired) electrons. The van der Waals surface area contributed by atoms with Crippen molar-refractivity contribution in [3.05, 3.63) is 97.7 Å². The van der Waals surface area contributed by atoms with Crippen LogP contribution in [0.2, 0.25) is 0 Å². The Morgan fingerprint density at radius 3 is 2.37 bits per heavy atom. The number of rotatable bonds is 10. The first kappa shape index (κ1) is 21.9. The standard InChI is InChI=1S/C23H27NO3/c1-6-9-12-19(11-8-3)17(4)13-14-18(10-7-2)15-20-16-23(5,22(26)27)21(25)24-20/h6-14,20H,1-4,15-16H2,5H3,(H,24,25)(H,26,27)/b12-9-,14-13-,18-10+,19-11+/t20-,23?/m1/s1. The van der Waals surface area contributed by atoms with E-state index in [1.807, 2.05) is 36.5 Å². The summed E-state index contributed by atoms with van der Waals surface area (Å²) in [6.07, 6.45) is 16.9. The van der Waals surface area contributed by atoms with Crippen LogP contribution < -0.4 is 5.32 Å². The minimum atomic E-state index is -1.38. The second-order valence-corrected chi connectivity index (χ2v) is 6.50.